The molecule has 1 saturated carbocycles. The van der Waals surface area contributed by atoms with Crippen LogP contribution >= 0.6 is 0 Å². The molecule has 90 valence electrons. The fourth-order valence-electron chi connectivity index (χ4n) is 1.58. The van der Waals surface area contributed by atoms with Crippen LogP contribution in [0, 0.1) is 5.41 Å². The monoisotopic (exact) mass is 223 g/mol. The van der Waals surface area contributed by atoms with E-state index in [1.807, 2.05) is 12.1 Å². The SMILES string of the molecule is CC(C)(CNC1CC1)COCc1ccco1. The molecule has 1 heterocycles. The summed E-state index contributed by atoms with van der Waals surface area (Å²) in [7, 11) is 0. The minimum Gasteiger partial charge on any atom is -0.467 e. The van der Waals surface area contributed by atoms with E-state index >= 15 is 0 Å². The summed E-state index contributed by atoms with van der Waals surface area (Å²) in [6.07, 6.45) is 4.35. The van der Waals surface area contributed by atoms with Gasteiger partial charge in [0, 0.05) is 18.0 Å². The van der Waals surface area contributed by atoms with Crippen LogP contribution in [0.2, 0.25) is 0 Å². The van der Waals surface area contributed by atoms with Gasteiger partial charge in [0.2, 0.25) is 0 Å². The summed E-state index contributed by atoms with van der Waals surface area (Å²) in [5, 5.41) is 3.54. The fourth-order valence-corrected chi connectivity index (χ4v) is 1.58. The summed E-state index contributed by atoms with van der Waals surface area (Å²) in [5.41, 5.74) is 0.190. The molecule has 0 spiro atoms. The molecule has 0 aliphatic heterocycles. The van der Waals surface area contributed by atoms with E-state index < -0.39 is 0 Å². The highest BCUT2D eigenvalue weighted by Gasteiger charge is 2.25. The molecule has 3 nitrogen and oxygen atoms in total. The molecule has 0 unspecified atom stereocenters. The normalized spacial score (nSPS) is 16.6. The molecule has 1 fully saturated rings. The van der Waals surface area contributed by atoms with Crippen molar-refractivity contribution in [1.29, 1.82) is 0 Å². The zero-order chi connectivity index (χ0) is 11.4. The molecule has 2 rings (SSSR count). The Kier molecular flexibility index (Phi) is 3.66. The molecule has 1 aliphatic rings. The molecule has 1 aliphatic carbocycles. The molecule has 16 heavy (non-hydrogen) atoms. The van der Waals surface area contributed by atoms with Gasteiger partial charge in [-0.3, -0.25) is 0 Å². The first-order valence-electron chi connectivity index (χ1n) is 5.99. The highest BCUT2D eigenvalue weighted by atomic mass is 16.5. The Bertz CT molecular complexity index is 302. The van der Waals surface area contributed by atoms with E-state index in [2.05, 4.69) is 19.2 Å². The van der Waals surface area contributed by atoms with E-state index in [1.54, 1.807) is 6.26 Å². The third-order valence-electron chi connectivity index (χ3n) is 2.76. The molecular weight excluding hydrogens is 202 g/mol. The summed E-state index contributed by atoms with van der Waals surface area (Å²) in [5.74, 6) is 0.894. The Balaban J connectivity index is 1.62. The molecule has 3 heteroatoms. The summed E-state index contributed by atoms with van der Waals surface area (Å²) in [6.45, 7) is 6.80. The van der Waals surface area contributed by atoms with Gasteiger partial charge in [0.15, 0.2) is 0 Å². The fraction of sp³-hybridized carbons (Fsp3) is 0.692. The second-order valence-corrected chi connectivity index (χ2v) is 5.39. The smallest absolute Gasteiger partial charge is 0.129 e. The van der Waals surface area contributed by atoms with Crippen LogP contribution in [0.3, 0.4) is 0 Å². The molecule has 0 radical (unpaired) electrons. The second kappa shape index (κ2) is 5.02. The Labute approximate surface area is 97.2 Å². The predicted octanol–water partition coefficient (Wildman–Crippen LogP) is 2.57. The van der Waals surface area contributed by atoms with Gasteiger partial charge in [0.25, 0.3) is 0 Å². The van der Waals surface area contributed by atoms with Crippen molar-refractivity contribution in [3.8, 4) is 0 Å². The van der Waals surface area contributed by atoms with E-state index in [1.165, 1.54) is 12.8 Å². The lowest BCUT2D eigenvalue weighted by Crippen LogP contribution is -2.34. The second-order valence-electron chi connectivity index (χ2n) is 5.39. The molecule has 0 atom stereocenters. The van der Waals surface area contributed by atoms with E-state index in [0.717, 1.165) is 25.0 Å². The van der Waals surface area contributed by atoms with Crippen molar-refractivity contribution in [3.05, 3.63) is 24.2 Å². The lowest BCUT2D eigenvalue weighted by molar-refractivity contribution is 0.0423. The zero-order valence-electron chi connectivity index (χ0n) is 10.2. The molecule has 0 aromatic carbocycles. The molecule has 1 aromatic heterocycles. The standard InChI is InChI=1S/C13H21NO2/c1-13(2,9-14-11-5-6-11)10-15-8-12-4-3-7-16-12/h3-4,7,11,14H,5-6,8-10H2,1-2H3. The summed E-state index contributed by atoms with van der Waals surface area (Å²) in [6, 6.07) is 4.60. The maximum atomic E-state index is 5.66. The maximum absolute atomic E-state index is 5.66. The van der Waals surface area contributed by atoms with Gasteiger partial charge in [-0.05, 0) is 25.0 Å². The number of nitrogens with one attached hydrogen (secondary N) is 1. The minimum atomic E-state index is 0.190. The number of hydrogen-bond donors (Lipinski definition) is 1. The predicted molar refractivity (Wildman–Crippen MR) is 63.2 cm³/mol. The zero-order valence-corrected chi connectivity index (χ0v) is 10.2. The summed E-state index contributed by atoms with van der Waals surface area (Å²) in [4.78, 5) is 0. The van der Waals surface area contributed by atoms with Gasteiger partial charge in [0.05, 0.1) is 12.9 Å². The van der Waals surface area contributed by atoms with Crippen molar-refractivity contribution in [3.63, 3.8) is 0 Å². The van der Waals surface area contributed by atoms with Crippen molar-refractivity contribution in [2.75, 3.05) is 13.2 Å². The first kappa shape index (κ1) is 11.7. The van der Waals surface area contributed by atoms with Crippen molar-refractivity contribution < 1.29 is 9.15 Å². The van der Waals surface area contributed by atoms with Crippen LogP contribution in [0.5, 0.6) is 0 Å². The average Bonchev–Trinajstić information content (AvgIpc) is 2.93. The Morgan fingerprint density at radius 1 is 1.50 bits per heavy atom. The molecule has 1 aromatic rings. The van der Waals surface area contributed by atoms with Crippen LogP contribution < -0.4 is 5.32 Å². The number of hydrogen-bond acceptors (Lipinski definition) is 3. The van der Waals surface area contributed by atoms with Crippen molar-refractivity contribution >= 4 is 0 Å². The van der Waals surface area contributed by atoms with Crippen LogP contribution in [-0.4, -0.2) is 19.2 Å². The largest absolute Gasteiger partial charge is 0.467 e. The van der Waals surface area contributed by atoms with E-state index in [-0.39, 0.29) is 5.41 Å². The van der Waals surface area contributed by atoms with E-state index in [4.69, 9.17) is 9.15 Å². The first-order valence-corrected chi connectivity index (χ1v) is 5.99. The molecule has 1 N–H and O–H groups in total. The van der Waals surface area contributed by atoms with Crippen molar-refractivity contribution in [2.24, 2.45) is 5.41 Å². The summed E-state index contributed by atoms with van der Waals surface area (Å²) < 4.78 is 10.9. The van der Waals surface area contributed by atoms with Gasteiger partial charge in [0.1, 0.15) is 12.4 Å². The Morgan fingerprint density at radius 3 is 2.94 bits per heavy atom. The first-order chi connectivity index (χ1) is 7.66. The lowest BCUT2D eigenvalue weighted by atomic mass is 9.95. The van der Waals surface area contributed by atoms with E-state index in [0.29, 0.717) is 6.61 Å². The lowest BCUT2D eigenvalue weighted by Gasteiger charge is -2.24. The van der Waals surface area contributed by atoms with Crippen molar-refractivity contribution in [1.82, 2.24) is 5.32 Å². The van der Waals surface area contributed by atoms with Gasteiger partial charge in [-0.1, -0.05) is 13.8 Å². The van der Waals surface area contributed by atoms with Gasteiger partial charge >= 0.3 is 0 Å². The van der Waals surface area contributed by atoms with Gasteiger partial charge in [-0.25, -0.2) is 0 Å². The quantitative estimate of drug-likeness (QED) is 0.771. The van der Waals surface area contributed by atoms with Crippen LogP contribution in [0.15, 0.2) is 22.8 Å². The Hall–Kier alpha value is -0.800. The third-order valence-corrected chi connectivity index (χ3v) is 2.76. The van der Waals surface area contributed by atoms with E-state index in [9.17, 15) is 0 Å². The number of rotatable bonds is 7. The van der Waals surface area contributed by atoms with Gasteiger partial charge in [-0.15, -0.1) is 0 Å². The average molecular weight is 223 g/mol. The molecule has 0 amide bonds. The molecular formula is C13H21NO2. The highest BCUT2D eigenvalue weighted by Crippen LogP contribution is 2.22. The van der Waals surface area contributed by atoms with Crippen LogP contribution in [0.4, 0.5) is 0 Å². The van der Waals surface area contributed by atoms with Crippen LogP contribution in [0.1, 0.15) is 32.4 Å². The highest BCUT2D eigenvalue weighted by molar-refractivity contribution is 4.96. The van der Waals surface area contributed by atoms with Crippen LogP contribution in [-0.2, 0) is 11.3 Å². The number of ether oxygens (including phenoxy) is 1. The van der Waals surface area contributed by atoms with Gasteiger partial charge in [-0.2, -0.15) is 0 Å². The Morgan fingerprint density at radius 2 is 2.31 bits per heavy atom. The molecule has 0 bridgehead atoms. The van der Waals surface area contributed by atoms with Gasteiger partial charge < -0.3 is 14.5 Å². The maximum Gasteiger partial charge on any atom is 0.129 e. The number of furan rings is 1. The van der Waals surface area contributed by atoms with Crippen molar-refractivity contribution in [2.45, 2.75) is 39.3 Å². The minimum absolute atomic E-state index is 0.190. The topological polar surface area (TPSA) is 34.4 Å². The summed E-state index contributed by atoms with van der Waals surface area (Å²) >= 11 is 0. The third kappa shape index (κ3) is 3.99. The molecule has 0 saturated heterocycles. The van der Waals surface area contributed by atoms with Crippen LogP contribution in [0.25, 0.3) is 0 Å².